The molecule has 1 N–H and O–H groups in total. The van der Waals surface area contributed by atoms with Gasteiger partial charge in [0.1, 0.15) is 6.33 Å². The van der Waals surface area contributed by atoms with Gasteiger partial charge in [0.05, 0.1) is 19.3 Å². The number of aromatic nitrogens is 2. The number of nitrogens with zero attached hydrogens (tertiary/aromatic N) is 2. The zero-order valence-electron chi connectivity index (χ0n) is 37.9. The van der Waals surface area contributed by atoms with Crippen LogP contribution in [0, 0.1) is 43.1 Å². The fraction of sp³-hybridized carbons (Fsp3) is 0.442. The van der Waals surface area contributed by atoms with Gasteiger partial charge in [0, 0.05) is 58.5 Å². The summed E-state index contributed by atoms with van der Waals surface area (Å²) in [6.45, 7) is 29.2. The molecule has 6 aromatic rings. The minimum absolute atomic E-state index is 0. The Morgan fingerprint density at radius 2 is 1.49 bits per heavy atom. The monoisotopic (exact) mass is 1000 g/mol. The number of fused-ring (bicyclic) bond motifs is 4. The molecule has 0 aliphatic heterocycles. The largest absolute Gasteiger partial charge is 0.512 e. The van der Waals surface area contributed by atoms with Crippen LogP contribution in [0.1, 0.15) is 105 Å². The van der Waals surface area contributed by atoms with Crippen molar-refractivity contribution >= 4 is 61.5 Å². The van der Waals surface area contributed by atoms with E-state index >= 15 is 0 Å². The molecule has 0 aliphatic carbocycles. The molecule has 0 saturated heterocycles. The molecule has 7 heteroatoms. The minimum atomic E-state index is -1.71. The van der Waals surface area contributed by atoms with Gasteiger partial charge in [-0.3, -0.25) is 9.78 Å². The van der Waals surface area contributed by atoms with Gasteiger partial charge >= 0.3 is 0 Å². The average Bonchev–Trinajstić information content (AvgIpc) is 3.55. The zero-order chi connectivity index (χ0) is 42.5. The van der Waals surface area contributed by atoms with E-state index in [0.717, 1.165) is 53.6 Å². The Balaban J connectivity index is 0.000000411. The first-order chi connectivity index (χ1) is 27.4. The summed E-state index contributed by atoms with van der Waals surface area (Å²) in [6, 6.07) is 27.7. The smallest absolute Gasteiger partial charge is 0.162 e. The van der Waals surface area contributed by atoms with Crippen LogP contribution in [0.3, 0.4) is 0 Å². The van der Waals surface area contributed by atoms with Crippen LogP contribution in [0.4, 0.5) is 0 Å². The molecule has 0 amide bonds. The first-order valence-corrected chi connectivity index (χ1v) is 25.6. The van der Waals surface area contributed by atoms with Crippen molar-refractivity contribution in [1.29, 1.82) is 0 Å². The second-order valence-electron chi connectivity index (χ2n) is 18.6. The molecule has 0 unspecified atom stereocenters. The predicted molar refractivity (Wildman–Crippen MR) is 255 cm³/mol. The molecular weight excluding hydrogens is 937 g/mol. The number of ketones is 1. The number of aliphatic hydroxyl groups is 1. The SMILES string of the molecule is CCC(CC)C(=O)/C=C(\O)C(CC)CC.Cc1cc(CC(C)(C)C)ccc1-c1ccc2c(sc3c(-c4[c-]c5ccccc5c([Si](C)(C)CC(C)C)c4)ncnc32)c1C.[Ir]. The van der Waals surface area contributed by atoms with E-state index in [9.17, 15) is 9.90 Å². The molecule has 0 aliphatic rings. The van der Waals surface area contributed by atoms with E-state index in [1.165, 1.54) is 66.0 Å². The molecule has 0 atom stereocenters. The van der Waals surface area contributed by atoms with E-state index in [0.29, 0.717) is 5.92 Å². The van der Waals surface area contributed by atoms with Crippen LogP contribution in [0.2, 0.25) is 19.1 Å². The Labute approximate surface area is 373 Å². The van der Waals surface area contributed by atoms with Crippen molar-refractivity contribution in [3.63, 3.8) is 0 Å². The standard InChI is InChI=1S/C39H43N2SSi.C13H24O2.Ir/c1-24(2)22-43(8,9)34-20-29(19-28-12-10-11-13-32(28)34)35-38-36(41-23-40-35)33-17-16-31(26(4)37(33)42-38)30-15-14-27(18-25(30)3)21-39(5,6)7;1-5-10(6-2)12(14)9-13(15)11(7-3)8-4;/h10-18,20,23-24H,21-22H2,1-9H3;9-11,14H,5-8H2,1-4H3;/q-1;;/b;12-9-;. The third-order valence-corrected chi connectivity index (χ3v) is 16.8. The fourth-order valence-electron chi connectivity index (χ4n) is 8.84. The fourth-order valence-corrected chi connectivity index (χ4v) is 13.8. The molecule has 6 rings (SSSR count). The van der Waals surface area contributed by atoms with E-state index in [1.54, 1.807) is 6.33 Å². The average molecular weight is 1000 g/mol. The predicted octanol–water partition coefficient (Wildman–Crippen LogP) is 14.8. The number of aryl methyl sites for hydroxylation is 2. The van der Waals surface area contributed by atoms with Gasteiger partial charge in [-0.05, 0) is 85.1 Å². The molecule has 0 saturated carbocycles. The zero-order valence-corrected chi connectivity index (χ0v) is 42.1. The van der Waals surface area contributed by atoms with Crippen LogP contribution in [0.15, 0.2) is 78.8 Å². The Morgan fingerprint density at radius 3 is 2.10 bits per heavy atom. The molecule has 317 valence electrons. The molecule has 0 fully saturated rings. The maximum absolute atomic E-state index is 11.7. The van der Waals surface area contributed by atoms with Crippen LogP contribution in [-0.4, -0.2) is 28.9 Å². The number of thiophene rings is 1. The van der Waals surface area contributed by atoms with Gasteiger partial charge in [0.2, 0.25) is 0 Å². The second kappa shape index (κ2) is 20.4. The van der Waals surface area contributed by atoms with Crippen LogP contribution in [0.5, 0.6) is 0 Å². The third-order valence-electron chi connectivity index (χ3n) is 11.7. The van der Waals surface area contributed by atoms with Crippen molar-refractivity contribution in [2.75, 3.05) is 0 Å². The van der Waals surface area contributed by atoms with E-state index in [1.807, 2.05) is 39.0 Å². The van der Waals surface area contributed by atoms with Crippen LogP contribution in [-0.2, 0) is 31.3 Å². The summed E-state index contributed by atoms with van der Waals surface area (Å²) < 4.78 is 2.44. The second-order valence-corrected chi connectivity index (χ2v) is 24.4. The summed E-state index contributed by atoms with van der Waals surface area (Å²) in [5.74, 6) is 1.21. The topological polar surface area (TPSA) is 63.1 Å². The van der Waals surface area contributed by atoms with Gasteiger partial charge in [-0.25, -0.2) is 4.98 Å². The van der Waals surface area contributed by atoms with Gasteiger partial charge in [0.25, 0.3) is 0 Å². The quantitative estimate of drug-likeness (QED) is 0.0542. The number of allylic oxidation sites excluding steroid dienone is 2. The van der Waals surface area contributed by atoms with E-state index in [4.69, 9.17) is 9.97 Å². The molecule has 4 aromatic carbocycles. The van der Waals surface area contributed by atoms with Gasteiger partial charge < -0.3 is 5.11 Å². The van der Waals surface area contributed by atoms with Crippen molar-refractivity contribution in [3.8, 4) is 22.4 Å². The molecule has 4 nitrogen and oxygen atoms in total. The Bertz CT molecular complexity index is 2410. The third kappa shape index (κ3) is 11.3. The maximum atomic E-state index is 11.7. The number of hydrogen-bond acceptors (Lipinski definition) is 5. The van der Waals surface area contributed by atoms with Gasteiger partial charge in [0.15, 0.2) is 5.78 Å². The van der Waals surface area contributed by atoms with Crippen molar-refractivity contribution in [2.45, 2.75) is 127 Å². The van der Waals surface area contributed by atoms with E-state index < -0.39 is 8.07 Å². The minimum Gasteiger partial charge on any atom is -0.512 e. The van der Waals surface area contributed by atoms with E-state index in [2.05, 4.69) is 128 Å². The number of carbonyl (C=O) groups excluding carboxylic acids is 1. The molecular formula is C52H67IrN2O2SSi-. The van der Waals surface area contributed by atoms with Gasteiger partial charge in [-0.2, -0.15) is 0 Å². The summed E-state index contributed by atoms with van der Waals surface area (Å²) >= 11 is 1.83. The number of rotatable bonds is 13. The maximum Gasteiger partial charge on any atom is 0.162 e. The van der Waals surface area contributed by atoms with Crippen molar-refractivity contribution in [1.82, 2.24) is 9.97 Å². The molecule has 1 radical (unpaired) electrons. The molecule has 2 aromatic heterocycles. The van der Waals surface area contributed by atoms with Gasteiger partial charge in [-0.1, -0.05) is 141 Å². The first kappa shape index (κ1) is 48.2. The van der Waals surface area contributed by atoms with Crippen LogP contribution >= 0.6 is 11.3 Å². The Hall–Kier alpha value is -3.48. The normalized spacial score (nSPS) is 12.4. The summed E-state index contributed by atoms with van der Waals surface area (Å²) in [5.41, 5.74) is 10.0. The summed E-state index contributed by atoms with van der Waals surface area (Å²) in [7, 11) is -1.71. The number of carbonyl (C=O) groups is 1. The molecule has 0 bridgehead atoms. The number of aliphatic hydroxyl groups excluding tert-OH is 1. The molecule has 0 spiro atoms. The Morgan fingerprint density at radius 1 is 0.847 bits per heavy atom. The first-order valence-electron chi connectivity index (χ1n) is 21.6. The molecule has 2 heterocycles. The molecule has 59 heavy (non-hydrogen) atoms. The van der Waals surface area contributed by atoms with Crippen LogP contribution in [0.25, 0.3) is 53.5 Å². The van der Waals surface area contributed by atoms with Gasteiger partial charge in [-0.15, -0.1) is 40.1 Å². The summed E-state index contributed by atoms with van der Waals surface area (Å²) in [5, 5.41) is 15.0. The number of hydrogen-bond donors (Lipinski definition) is 1. The van der Waals surface area contributed by atoms with Crippen molar-refractivity contribution in [2.24, 2.45) is 23.2 Å². The van der Waals surface area contributed by atoms with Crippen LogP contribution < -0.4 is 5.19 Å². The van der Waals surface area contributed by atoms with E-state index in [-0.39, 0.29) is 48.9 Å². The Kier molecular flexibility index (Phi) is 16.6. The summed E-state index contributed by atoms with van der Waals surface area (Å²) in [4.78, 5) is 21.5. The van der Waals surface area contributed by atoms with Crippen molar-refractivity contribution in [3.05, 3.63) is 102 Å². The summed E-state index contributed by atoms with van der Waals surface area (Å²) in [6.07, 6.45) is 7.72. The number of benzene rings is 4. The van der Waals surface area contributed by atoms with Crippen molar-refractivity contribution < 1.29 is 30.0 Å².